The molecule has 11 nitrogen and oxygen atoms in total. The highest BCUT2D eigenvalue weighted by Crippen LogP contribution is 2.43. The predicted molar refractivity (Wildman–Crippen MR) is 134 cm³/mol. The number of carbonyl (C=O) groups is 1. The Morgan fingerprint density at radius 2 is 1.53 bits per heavy atom. The van der Waals surface area contributed by atoms with Crippen LogP contribution in [0, 0.1) is 10.1 Å². The number of rotatable bonds is 23. The van der Waals surface area contributed by atoms with E-state index in [1.165, 1.54) is 19.2 Å². The summed E-state index contributed by atoms with van der Waals surface area (Å²) in [6, 6.07) is 5.86. The number of non-ortho nitro benzene ring substituents is 1. The van der Waals surface area contributed by atoms with Crippen molar-refractivity contribution in [3.8, 4) is 0 Å². The molecule has 0 aromatic heterocycles. The monoisotopic (exact) mass is 533 g/mol. The molecular formula is C24H40NO10P. The van der Waals surface area contributed by atoms with Crippen LogP contribution < -0.4 is 0 Å². The van der Waals surface area contributed by atoms with Crippen LogP contribution in [0.5, 0.6) is 0 Å². The Labute approximate surface area is 212 Å². The number of nitro groups is 1. The summed E-state index contributed by atoms with van der Waals surface area (Å²) in [5, 5.41) is 19.3. The van der Waals surface area contributed by atoms with E-state index in [9.17, 15) is 24.4 Å². The Hall–Kier alpha value is -1.88. The first-order valence-corrected chi connectivity index (χ1v) is 13.9. The Balaban J connectivity index is 2.05. The third-order valence-electron chi connectivity index (χ3n) is 5.53. The van der Waals surface area contributed by atoms with E-state index in [-0.39, 0.29) is 31.9 Å². The second kappa shape index (κ2) is 19.3. The van der Waals surface area contributed by atoms with Crippen LogP contribution >= 0.6 is 7.82 Å². The van der Waals surface area contributed by atoms with E-state index < -0.39 is 24.8 Å². The van der Waals surface area contributed by atoms with Gasteiger partial charge in [-0.2, -0.15) is 0 Å². The van der Waals surface area contributed by atoms with Crippen molar-refractivity contribution in [3.05, 3.63) is 39.9 Å². The lowest BCUT2D eigenvalue weighted by Crippen LogP contribution is -2.24. The van der Waals surface area contributed by atoms with Gasteiger partial charge in [0.15, 0.2) is 0 Å². The average Bonchev–Trinajstić information content (AvgIpc) is 2.84. The summed E-state index contributed by atoms with van der Waals surface area (Å²) in [5.41, 5.74) is 0.707. The number of aliphatic carboxylic acids is 1. The number of phosphoric ester groups is 1. The highest BCUT2D eigenvalue weighted by Gasteiger charge is 2.23. The molecule has 206 valence electrons. The number of nitro benzene ring substituents is 1. The van der Waals surface area contributed by atoms with Gasteiger partial charge >= 0.3 is 13.8 Å². The van der Waals surface area contributed by atoms with E-state index >= 15 is 0 Å². The minimum Gasteiger partial charge on any atom is -0.481 e. The molecule has 0 saturated heterocycles. The number of phosphoric acid groups is 1. The zero-order valence-electron chi connectivity index (χ0n) is 21.0. The summed E-state index contributed by atoms with van der Waals surface area (Å²) >= 11 is 0. The number of unbranched alkanes of at least 4 members (excludes halogenated alkanes) is 8. The van der Waals surface area contributed by atoms with Gasteiger partial charge in [0.05, 0.1) is 24.7 Å². The van der Waals surface area contributed by atoms with Gasteiger partial charge in [-0.3, -0.25) is 24.0 Å². The number of carboxylic acid groups (broad SMARTS) is 1. The summed E-state index contributed by atoms with van der Waals surface area (Å²) < 4.78 is 32.9. The van der Waals surface area contributed by atoms with Crippen molar-refractivity contribution in [3.63, 3.8) is 0 Å². The van der Waals surface area contributed by atoms with Gasteiger partial charge in [-0.25, -0.2) is 4.57 Å². The van der Waals surface area contributed by atoms with Crippen LogP contribution in [0.2, 0.25) is 0 Å². The maximum Gasteiger partial charge on any atom is 0.472 e. The van der Waals surface area contributed by atoms with Crippen LogP contribution in [-0.4, -0.2) is 60.5 Å². The first kappa shape index (κ1) is 32.1. The molecule has 0 radical (unpaired) electrons. The Morgan fingerprint density at radius 1 is 0.944 bits per heavy atom. The van der Waals surface area contributed by atoms with Gasteiger partial charge in [0.25, 0.3) is 5.69 Å². The van der Waals surface area contributed by atoms with Crippen molar-refractivity contribution >= 4 is 19.5 Å². The highest BCUT2D eigenvalue weighted by molar-refractivity contribution is 7.47. The molecule has 2 atom stereocenters. The first-order chi connectivity index (χ1) is 17.2. The molecule has 2 N–H and O–H groups in total. The molecule has 1 unspecified atom stereocenters. The van der Waals surface area contributed by atoms with Gasteiger partial charge in [0.1, 0.15) is 6.10 Å². The number of carboxylic acids is 1. The number of ether oxygens (including phenoxy) is 2. The Bertz CT molecular complexity index is 790. The summed E-state index contributed by atoms with van der Waals surface area (Å²) in [6.07, 6.45) is 9.43. The molecular weight excluding hydrogens is 493 g/mol. The molecule has 0 aliphatic carbocycles. The van der Waals surface area contributed by atoms with E-state index in [1.54, 1.807) is 12.1 Å². The van der Waals surface area contributed by atoms with Crippen molar-refractivity contribution in [2.24, 2.45) is 0 Å². The van der Waals surface area contributed by atoms with Crippen LogP contribution in [0.1, 0.15) is 69.8 Å². The van der Waals surface area contributed by atoms with E-state index in [2.05, 4.69) is 0 Å². The lowest BCUT2D eigenvalue weighted by Gasteiger charge is -2.18. The van der Waals surface area contributed by atoms with E-state index in [0.29, 0.717) is 13.0 Å². The molecule has 0 saturated carbocycles. The number of hydrogen-bond donors (Lipinski definition) is 2. The van der Waals surface area contributed by atoms with Crippen LogP contribution in [-0.2, 0) is 34.3 Å². The van der Waals surface area contributed by atoms with Crippen molar-refractivity contribution in [2.75, 3.05) is 33.5 Å². The molecule has 0 heterocycles. The fourth-order valence-electron chi connectivity index (χ4n) is 3.39. The maximum absolute atomic E-state index is 12.1. The zero-order valence-corrected chi connectivity index (χ0v) is 21.9. The SMILES string of the molecule is CO[C@H](COCCCCCCCCCCCC(=O)O)COP(=O)(O)OCCc1ccc([N+](=O)[O-])cc1. The third kappa shape index (κ3) is 16.7. The second-order valence-corrected chi connectivity index (χ2v) is 9.98. The van der Waals surface area contributed by atoms with Crippen molar-refractivity contribution in [1.29, 1.82) is 0 Å². The number of methoxy groups -OCH3 is 1. The summed E-state index contributed by atoms with van der Waals surface area (Å²) in [5.74, 6) is -0.724. The van der Waals surface area contributed by atoms with Crippen molar-refractivity contribution < 1.29 is 42.8 Å². The van der Waals surface area contributed by atoms with Gasteiger partial charge in [-0.15, -0.1) is 0 Å². The van der Waals surface area contributed by atoms with Crippen LogP contribution in [0.3, 0.4) is 0 Å². The van der Waals surface area contributed by atoms with E-state index in [0.717, 1.165) is 63.4 Å². The minimum atomic E-state index is -4.27. The first-order valence-electron chi connectivity index (χ1n) is 12.4. The van der Waals surface area contributed by atoms with Crippen molar-refractivity contribution in [2.45, 2.75) is 76.7 Å². The molecule has 1 rings (SSSR count). The molecule has 0 amide bonds. The Kier molecular flexibility index (Phi) is 17.2. The quantitative estimate of drug-likeness (QED) is 0.0820. The van der Waals surface area contributed by atoms with Crippen LogP contribution in [0.25, 0.3) is 0 Å². The van der Waals surface area contributed by atoms with Crippen molar-refractivity contribution in [1.82, 2.24) is 0 Å². The minimum absolute atomic E-state index is 0.0260. The molecule has 0 fully saturated rings. The average molecular weight is 534 g/mol. The molecule has 0 aliphatic heterocycles. The third-order valence-corrected chi connectivity index (χ3v) is 6.52. The van der Waals surface area contributed by atoms with Gasteiger partial charge in [-0.1, -0.05) is 57.1 Å². The predicted octanol–water partition coefficient (Wildman–Crippen LogP) is 5.29. The van der Waals surface area contributed by atoms with Gasteiger partial charge < -0.3 is 19.5 Å². The Morgan fingerprint density at radius 3 is 2.08 bits per heavy atom. The summed E-state index contributed by atoms with van der Waals surface area (Å²) in [4.78, 5) is 30.5. The number of hydrogen-bond acceptors (Lipinski definition) is 8. The molecule has 1 aromatic rings. The number of benzene rings is 1. The van der Waals surface area contributed by atoms with Crippen LogP contribution in [0.15, 0.2) is 24.3 Å². The lowest BCUT2D eigenvalue weighted by atomic mass is 10.1. The molecule has 0 spiro atoms. The fourth-order valence-corrected chi connectivity index (χ4v) is 4.15. The molecule has 0 bridgehead atoms. The van der Waals surface area contributed by atoms with E-state index in [4.69, 9.17) is 23.6 Å². The molecule has 36 heavy (non-hydrogen) atoms. The van der Waals surface area contributed by atoms with Crippen LogP contribution in [0.4, 0.5) is 5.69 Å². The fraction of sp³-hybridized carbons (Fsp3) is 0.708. The summed E-state index contributed by atoms with van der Waals surface area (Å²) in [7, 11) is -2.80. The summed E-state index contributed by atoms with van der Waals surface area (Å²) in [6.45, 7) is 0.561. The largest absolute Gasteiger partial charge is 0.481 e. The van der Waals surface area contributed by atoms with E-state index in [1.807, 2.05) is 0 Å². The normalized spacial score (nSPS) is 13.8. The smallest absolute Gasteiger partial charge is 0.472 e. The highest BCUT2D eigenvalue weighted by atomic mass is 31.2. The topological polar surface area (TPSA) is 155 Å². The van der Waals surface area contributed by atoms with Gasteiger partial charge in [0.2, 0.25) is 0 Å². The molecule has 1 aromatic carbocycles. The second-order valence-electron chi connectivity index (χ2n) is 8.53. The lowest BCUT2D eigenvalue weighted by molar-refractivity contribution is -0.384. The van der Waals surface area contributed by atoms with Gasteiger partial charge in [0, 0.05) is 32.3 Å². The van der Waals surface area contributed by atoms with Gasteiger partial charge in [-0.05, 0) is 24.8 Å². The molecule has 0 aliphatic rings. The zero-order chi connectivity index (χ0) is 26.7. The standard InChI is InChI=1S/C24H40NO10P/c1-32-23(19-33-17-10-8-6-4-2-3-5-7-9-11-24(26)27)20-35-36(30,31)34-18-16-21-12-14-22(15-13-21)25(28)29/h12-15,23H,2-11,16-20H2,1H3,(H,26,27)(H,30,31)/t23-/m1/s1. The molecule has 12 heteroatoms. The maximum atomic E-state index is 12.1. The number of nitrogens with zero attached hydrogens (tertiary/aromatic N) is 1.